The highest BCUT2D eigenvalue weighted by atomic mass is 79.9. The lowest BCUT2D eigenvalue weighted by Crippen LogP contribution is -2.41. The normalized spacial score (nSPS) is 15.1. The fourth-order valence-electron chi connectivity index (χ4n) is 2.36. The summed E-state index contributed by atoms with van der Waals surface area (Å²) >= 11 is 5.91. The minimum absolute atomic E-state index is 0.239. The molecule has 0 saturated carbocycles. The SMILES string of the molecule is C=C(C)B1OC(C)(C)C(C)(C)O1.C=C(C)c1nc(C(=O)OCC)cs1.CCOC(=O)c1csc(Br)n1. The minimum Gasteiger partial charge on any atom is -0.461 e. The number of carbonyl (C=O) groups is 2. The van der Waals surface area contributed by atoms with E-state index in [0.29, 0.717) is 28.5 Å². The molecule has 198 valence electrons. The molecule has 1 aliphatic rings. The molecule has 0 aromatic carbocycles. The number of aromatic nitrogens is 2. The summed E-state index contributed by atoms with van der Waals surface area (Å²) in [5.74, 6) is -0.735. The summed E-state index contributed by atoms with van der Waals surface area (Å²) in [4.78, 5) is 30.1. The van der Waals surface area contributed by atoms with E-state index in [1.807, 2.05) is 41.5 Å². The highest BCUT2D eigenvalue weighted by Gasteiger charge is 2.51. The van der Waals surface area contributed by atoms with Gasteiger partial charge in [-0.2, -0.15) is 0 Å². The van der Waals surface area contributed by atoms with E-state index in [0.717, 1.165) is 16.1 Å². The maximum atomic E-state index is 11.2. The molecule has 0 aliphatic carbocycles. The van der Waals surface area contributed by atoms with Gasteiger partial charge in [0.15, 0.2) is 15.3 Å². The third kappa shape index (κ3) is 9.55. The summed E-state index contributed by atoms with van der Waals surface area (Å²) in [5, 5.41) is 4.12. The molecule has 1 saturated heterocycles. The smallest absolute Gasteiger partial charge is 0.461 e. The quantitative estimate of drug-likeness (QED) is 0.269. The summed E-state index contributed by atoms with van der Waals surface area (Å²) in [6.07, 6.45) is 0. The van der Waals surface area contributed by atoms with E-state index < -0.39 is 0 Å². The average Bonchev–Trinajstić information content (AvgIpc) is 3.48. The standard InChI is InChI=1S/C9H17BO2.C9H11NO2S.C6H6BrNO2S/c1-7(2)10-11-8(3,4)9(5,6)12-10;1-4-12-9(11)7-5-13-8(10-7)6(2)3;1-2-10-5(9)4-3-11-6(7)8-4/h1H2,2-6H3;5H,2,4H2,1,3H3;3H,2H2,1H3. The molecule has 0 spiro atoms. The van der Waals surface area contributed by atoms with Gasteiger partial charge in [-0.1, -0.05) is 12.1 Å². The fourth-order valence-corrected chi connectivity index (χ4v) is 4.07. The van der Waals surface area contributed by atoms with Gasteiger partial charge < -0.3 is 18.8 Å². The molecule has 12 heteroatoms. The summed E-state index contributed by atoms with van der Waals surface area (Å²) in [6.45, 7) is 23.8. The molecular weight excluding hydrogens is 567 g/mol. The van der Waals surface area contributed by atoms with Crippen LogP contribution in [-0.4, -0.2) is 53.4 Å². The summed E-state index contributed by atoms with van der Waals surface area (Å²) in [5.41, 5.74) is 2.04. The van der Waals surface area contributed by atoms with Crippen LogP contribution in [0.3, 0.4) is 0 Å². The lowest BCUT2D eigenvalue weighted by Gasteiger charge is -2.32. The maximum Gasteiger partial charge on any atom is 0.489 e. The Kier molecular flexibility index (Phi) is 12.7. The molecule has 3 rings (SSSR count). The van der Waals surface area contributed by atoms with Gasteiger partial charge in [0.1, 0.15) is 5.01 Å². The van der Waals surface area contributed by atoms with Gasteiger partial charge in [-0.25, -0.2) is 19.6 Å². The van der Waals surface area contributed by atoms with Crippen molar-refractivity contribution in [1.82, 2.24) is 9.97 Å². The van der Waals surface area contributed by atoms with Crippen LogP contribution < -0.4 is 0 Å². The number of hydrogen-bond donors (Lipinski definition) is 0. The molecule has 0 bridgehead atoms. The molecular formula is C24H34BBrN2O6S2. The molecule has 2 aromatic heterocycles. The summed E-state index contributed by atoms with van der Waals surface area (Å²) in [7, 11) is -0.241. The van der Waals surface area contributed by atoms with Gasteiger partial charge in [-0.15, -0.1) is 29.3 Å². The van der Waals surface area contributed by atoms with Crippen molar-refractivity contribution in [3.8, 4) is 0 Å². The predicted octanol–water partition coefficient (Wildman–Crippen LogP) is 6.63. The molecule has 1 aliphatic heterocycles. The van der Waals surface area contributed by atoms with Gasteiger partial charge in [0.05, 0.1) is 24.4 Å². The molecule has 0 unspecified atom stereocenters. The molecule has 2 aromatic rings. The van der Waals surface area contributed by atoms with Crippen LogP contribution in [0.4, 0.5) is 0 Å². The maximum absolute atomic E-state index is 11.2. The number of nitrogens with zero attached hydrogens (tertiary/aromatic N) is 2. The Morgan fingerprint density at radius 2 is 1.39 bits per heavy atom. The summed E-state index contributed by atoms with van der Waals surface area (Å²) < 4.78 is 21.6. The lowest BCUT2D eigenvalue weighted by molar-refractivity contribution is 0.00578. The van der Waals surface area contributed by atoms with Crippen LogP contribution >= 0.6 is 38.6 Å². The van der Waals surface area contributed by atoms with Crippen molar-refractivity contribution >= 4 is 63.2 Å². The number of thiazole rings is 2. The minimum atomic E-state index is -0.369. The van der Waals surface area contributed by atoms with E-state index in [-0.39, 0.29) is 30.3 Å². The number of allylic oxidation sites excluding steroid dienone is 2. The van der Waals surface area contributed by atoms with E-state index in [1.54, 1.807) is 24.6 Å². The first kappa shape index (κ1) is 32.2. The number of ether oxygens (including phenoxy) is 2. The predicted molar refractivity (Wildman–Crippen MR) is 149 cm³/mol. The zero-order chi connectivity index (χ0) is 27.7. The Bertz CT molecular complexity index is 1050. The zero-order valence-electron chi connectivity index (χ0n) is 22.1. The topological polar surface area (TPSA) is 96.8 Å². The first-order valence-corrected chi connectivity index (χ1v) is 13.8. The summed E-state index contributed by atoms with van der Waals surface area (Å²) in [6, 6.07) is 0. The number of esters is 2. The van der Waals surface area contributed by atoms with E-state index in [9.17, 15) is 9.59 Å². The van der Waals surface area contributed by atoms with Crippen LogP contribution in [0.25, 0.3) is 5.57 Å². The second-order valence-electron chi connectivity index (χ2n) is 8.68. The van der Waals surface area contributed by atoms with Gasteiger partial charge in [-0.3, -0.25) is 0 Å². The van der Waals surface area contributed by atoms with E-state index in [4.69, 9.17) is 18.8 Å². The van der Waals surface area contributed by atoms with Crippen molar-refractivity contribution in [1.29, 1.82) is 0 Å². The second-order valence-corrected chi connectivity index (χ2v) is 11.7. The van der Waals surface area contributed by atoms with Gasteiger partial charge in [0.25, 0.3) is 0 Å². The highest BCUT2D eigenvalue weighted by molar-refractivity contribution is 9.11. The molecule has 36 heavy (non-hydrogen) atoms. The molecule has 8 nitrogen and oxygen atoms in total. The van der Waals surface area contributed by atoms with Crippen LogP contribution in [0.1, 0.15) is 81.4 Å². The number of hydrogen-bond acceptors (Lipinski definition) is 10. The van der Waals surface area contributed by atoms with Crippen LogP contribution in [-0.2, 0) is 18.8 Å². The molecule has 0 radical (unpaired) electrons. The lowest BCUT2D eigenvalue weighted by atomic mass is 9.81. The Balaban J connectivity index is 0.000000271. The monoisotopic (exact) mass is 600 g/mol. The Morgan fingerprint density at radius 3 is 1.69 bits per heavy atom. The molecule has 3 heterocycles. The highest BCUT2D eigenvalue weighted by Crippen LogP contribution is 2.38. The first-order valence-electron chi connectivity index (χ1n) is 11.2. The van der Waals surface area contributed by atoms with Gasteiger partial charge in [0, 0.05) is 10.8 Å². The van der Waals surface area contributed by atoms with Crippen molar-refractivity contribution in [3.63, 3.8) is 0 Å². The largest absolute Gasteiger partial charge is 0.489 e. The van der Waals surface area contributed by atoms with Gasteiger partial charge >= 0.3 is 19.1 Å². The van der Waals surface area contributed by atoms with Crippen molar-refractivity contribution in [2.75, 3.05) is 13.2 Å². The van der Waals surface area contributed by atoms with Gasteiger partial charge in [0.2, 0.25) is 0 Å². The van der Waals surface area contributed by atoms with Crippen LogP contribution in [0.15, 0.2) is 33.3 Å². The molecule has 0 N–H and O–H groups in total. The van der Waals surface area contributed by atoms with Crippen molar-refractivity contribution < 1.29 is 28.4 Å². The van der Waals surface area contributed by atoms with Crippen LogP contribution in [0.2, 0.25) is 0 Å². The fraction of sp³-hybridized carbons (Fsp3) is 0.500. The molecule has 1 fully saturated rings. The number of rotatable bonds is 6. The molecule has 0 amide bonds. The van der Waals surface area contributed by atoms with Crippen molar-refractivity contribution in [2.24, 2.45) is 0 Å². The van der Waals surface area contributed by atoms with Crippen molar-refractivity contribution in [2.45, 2.75) is 66.6 Å². The average molecular weight is 601 g/mol. The third-order valence-corrected chi connectivity index (χ3v) is 7.34. The van der Waals surface area contributed by atoms with Gasteiger partial charge in [-0.05, 0) is 76.9 Å². The zero-order valence-corrected chi connectivity index (χ0v) is 25.3. The van der Waals surface area contributed by atoms with E-state index >= 15 is 0 Å². The Hall–Kier alpha value is -1.86. The Labute approximate surface area is 230 Å². The Morgan fingerprint density at radius 1 is 0.944 bits per heavy atom. The number of halogens is 1. The number of carbonyl (C=O) groups excluding carboxylic acids is 2. The van der Waals surface area contributed by atoms with E-state index in [1.165, 1.54) is 22.7 Å². The van der Waals surface area contributed by atoms with Crippen LogP contribution in [0, 0.1) is 0 Å². The molecule has 0 atom stereocenters. The second kappa shape index (κ2) is 14.2. The third-order valence-electron chi connectivity index (χ3n) is 4.97. The van der Waals surface area contributed by atoms with Crippen LogP contribution in [0.5, 0.6) is 0 Å². The first-order chi connectivity index (χ1) is 16.6. The van der Waals surface area contributed by atoms with Crippen molar-refractivity contribution in [3.05, 3.63) is 49.7 Å². The van der Waals surface area contributed by atoms with E-state index in [2.05, 4.69) is 39.1 Å².